The van der Waals surface area contributed by atoms with Crippen molar-refractivity contribution in [2.24, 2.45) is 0 Å². The molecule has 3 aromatic rings. The number of furan rings is 1. The smallest absolute Gasteiger partial charge is 0.287 e. The molecule has 0 fully saturated rings. The first kappa shape index (κ1) is 19.7. The molecule has 1 amide bonds. The number of nitrogens with one attached hydrogen (secondary N) is 1. The van der Waals surface area contributed by atoms with E-state index in [0.29, 0.717) is 18.7 Å². The number of halogens is 1. The molecular weight excluding hydrogens is 436 g/mol. The van der Waals surface area contributed by atoms with Crippen LogP contribution in [0, 0.1) is 0 Å². The molecule has 0 unspecified atom stereocenters. The third-order valence-electron chi connectivity index (χ3n) is 4.90. The summed E-state index contributed by atoms with van der Waals surface area (Å²) in [6.45, 7) is 1.72. The first-order valence-electron chi connectivity index (χ1n) is 9.85. The van der Waals surface area contributed by atoms with Crippen molar-refractivity contribution in [3.8, 4) is 5.75 Å². The Kier molecular flexibility index (Phi) is 6.29. The summed E-state index contributed by atoms with van der Waals surface area (Å²) < 4.78 is 14.5. The van der Waals surface area contributed by atoms with E-state index >= 15 is 0 Å². The van der Waals surface area contributed by atoms with Gasteiger partial charge in [0, 0.05) is 30.4 Å². The van der Waals surface area contributed by atoms with E-state index in [-0.39, 0.29) is 18.3 Å². The predicted molar refractivity (Wildman–Crippen MR) is 111 cm³/mol. The molecule has 0 aliphatic carbocycles. The minimum atomic E-state index is -0.240. The van der Waals surface area contributed by atoms with Crippen molar-refractivity contribution in [2.45, 2.75) is 45.3 Å². The van der Waals surface area contributed by atoms with Gasteiger partial charge in [0.1, 0.15) is 29.8 Å². The van der Waals surface area contributed by atoms with Crippen LogP contribution in [0.2, 0.25) is 0 Å². The van der Waals surface area contributed by atoms with Crippen LogP contribution in [-0.2, 0) is 26.0 Å². The highest BCUT2D eigenvalue weighted by atomic mass is 79.9. The quantitative estimate of drug-likeness (QED) is 0.580. The van der Waals surface area contributed by atoms with Crippen molar-refractivity contribution < 1.29 is 13.9 Å². The molecule has 1 aliphatic heterocycles. The standard InChI is InChI=1S/C21H23BrN4O3/c22-15-5-7-16(8-6-15)28-14-17-9-10-18(29-17)21(27)23-12-11-20-25-24-19-4-2-1-3-13-26(19)20/h5-10H,1-4,11-14H2,(H,23,27). The molecule has 0 spiro atoms. The van der Waals surface area contributed by atoms with Gasteiger partial charge in [0.2, 0.25) is 0 Å². The Morgan fingerprint density at radius 3 is 2.86 bits per heavy atom. The lowest BCUT2D eigenvalue weighted by Gasteiger charge is -2.07. The third-order valence-corrected chi connectivity index (χ3v) is 5.43. The van der Waals surface area contributed by atoms with E-state index in [1.54, 1.807) is 12.1 Å². The van der Waals surface area contributed by atoms with E-state index in [1.807, 2.05) is 24.3 Å². The van der Waals surface area contributed by atoms with Crippen molar-refractivity contribution in [1.82, 2.24) is 20.1 Å². The van der Waals surface area contributed by atoms with E-state index in [4.69, 9.17) is 9.15 Å². The molecule has 0 saturated heterocycles. The van der Waals surface area contributed by atoms with E-state index in [1.165, 1.54) is 12.8 Å². The topological polar surface area (TPSA) is 82.2 Å². The minimum absolute atomic E-state index is 0.240. The number of rotatable bonds is 7. The Morgan fingerprint density at radius 2 is 2.00 bits per heavy atom. The lowest BCUT2D eigenvalue weighted by atomic mass is 10.2. The molecular formula is C21H23BrN4O3. The van der Waals surface area contributed by atoms with Crippen LogP contribution in [0.1, 0.15) is 47.2 Å². The van der Waals surface area contributed by atoms with Crippen molar-refractivity contribution in [2.75, 3.05) is 6.54 Å². The normalized spacial score (nSPS) is 13.6. The van der Waals surface area contributed by atoms with Crippen LogP contribution in [0.3, 0.4) is 0 Å². The molecule has 1 aromatic carbocycles. The van der Waals surface area contributed by atoms with Gasteiger partial charge in [0.15, 0.2) is 5.76 Å². The van der Waals surface area contributed by atoms with Gasteiger partial charge in [0.25, 0.3) is 5.91 Å². The molecule has 1 aliphatic rings. The van der Waals surface area contributed by atoms with E-state index < -0.39 is 0 Å². The second-order valence-electron chi connectivity index (χ2n) is 7.01. The number of fused-ring (bicyclic) bond motifs is 1. The highest BCUT2D eigenvalue weighted by Crippen LogP contribution is 2.18. The first-order valence-corrected chi connectivity index (χ1v) is 10.6. The van der Waals surface area contributed by atoms with Crippen LogP contribution in [0.5, 0.6) is 5.75 Å². The second kappa shape index (κ2) is 9.26. The van der Waals surface area contributed by atoms with Crippen molar-refractivity contribution >= 4 is 21.8 Å². The highest BCUT2D eigenvalue weighted by molar-refractivity contribution is 9.10. The molecule has 0 atom stereocenters. The number of carbonyl (C=O) groups excluding carboxylic acids is 1. The largest absolute Gasteiger partial charge is 0.486 e. The van der Waals surface area contributed by atoms with Gasteiger partial charge in [-0.3, -0.25) is 4.79 Å². The van der Waals surface area contributed by atoms with Crippen LogP contribution in [-0.4, -0.2) is 27.2 Å². The molecule has 0 saturated carbocycles. The molecule has 29 heavy (non-hydrogen) atoms. The van der Waals surface area contributed by atoms with Crippen molar-refractivity contribution in [1.29, 1.82) is 0 Å². The molecule has 7 nitrogen and oxygen atoms in total. The molecule has 0 bridgehead atoms. The summed E-state index contributed by atoms with van der Waals surface area (Å²) in [6.07, 6.45) is 5.19. The summed E-state index contributed by atoms with van der Waals surface area (Å²) in [7, 11) is 0. The number of benzene rings is 1. The lowest BCUT2D eigenvalue weighted by molar-refractivity contribution is 0.0922. The summed E-state index contributed by atoms with van der Waals surface area (Å²) in [5.41, 5.74) is 0. The zero-order valence-corrected chi connectivity index (χ0v) is 17.7. The van der Waals surface area contributed by atoms with E-state index in [0.717, 1.165) is 41.3 Å². The maximum absolute atomic E-state index is 12.3. The maximum Gasteiger partial charge on any atom is 0.287 e. The number of aromatic nitrogens is 3. The van der Waals surface area contributed by atoms with Gasteiger partial charge in [0.05, 0.1) is 0 Å². The summed E-state index contributed by atoms with van der Waals surface area (Å²) in [5.74, 6) is 3.37. The summed E-state index contributed by atoms with van der Waals surface area (Å²) >= 11 is 3.39. The van der Waals surface area contributed by atoms with Gasteiger partial charge in [-0.25, -0.2) is 0 Å². The summed E-state index contributed by atoms with van der Waals surface area (Å²) in [6, 6.07) is 11.0. The number of hydrogen-bond donors (Lipinski definition) is 1. The molecule has 4 rings (SSSR count). The Labute approximate surface area is 177 Å². The second-order valence-corrected chi connectivity index (χ2v) is 7.92. The monoisotopic (exact) mass is 458 g/mol. The Morgan fingerprint density at radius 1 is 1.14 bits per heavy atom. The van der Waals surface area contributed by atoms with Gasteiger partial charge in [-0.15, -0.1) is 10.2 Å². The molecule has 152 valence electrons. The number of nitrogens with zero attached hydrogens (tertiary/aromatic N) is 3. The fraction of sp³-hybridized carbons (Fsp3) is 0.381. The Hall–Kier alpha value is -2.61. The van der Waals surface area contributed by atoms with Crippen LogP contribution < -0.4 is 10.1 Å². The molecule has 2 aromatic heterocycles. The average Bonchev–Trinajstić information content (AvgIpc) is 3.28. The number of amides is 1. The Bertz CT molecular complexity index is 965. The SMILES string of the molecule is O=C(NCCc1nnc2n1CCCCC2)c1ccc(COc2ccc(Br)cc2)o1. The van der Waals surface area contributed by atoms with Gasteiger partial charge < -0.3 is 19.0 Å². The number of hydrogen-bond acceptors (Lipinski definition) is 5. The van der Waals surface area contributed by atoms with Crippen molar-refractivity contribution in [3.63, 3.8) is 0 Å². The molecule has 1 N–H and O–H groups in total. The van der Waals surface area contributed by atoms with E-state index in [2.05, 4.69) is 36.0 Å². The van der Waals surface area contributed by atoms with Gasteiger partial charge in [-0.2, -0.15) is 0 Å². The summed E-state index contributed by atoms with van der Waals surface area (Å²) in [4.78, 5) is 12.3. The van der Waals surface area contributed by atoms with Crippen LogP contribution in [0.25, 0.3) is 0 Å². The van der Waals surface area contributed by atoms with Crippen molar-refractivity contribution in [3.05, 3.63) is 64.0 Å². The summed E-state index contributed by atoms with van der Waals surface area (Å²) in [5, 5.41) is 11.5. The Balaban J connectivity index is 1.26. The number of carbonyl (C=O) groups is 1. The zero-order chi connectivity index (χ0) is 20.1. The van der Waals surface area contributed by atoms with Crippen LogP contribution in [0.4, 0.5) is 0 Å². The maximum atomic E-state index is 12.3. The first-order chi connectivity index (χ1) is 14.2. The van der Waals surface area contributed by atoms with Gasteiger partial charge in [-0.05, 0) is 49.2 Å². The minimum Gasteiger partial charge on any atom is -0.486 e. The predicted octanol–water partition coefficient (Wildman–Crippen LogP) is 3.91. The zero-order valence-electron chi connectivity index (χ0n) is 16.1. The van der Waals surface area contributed by atoms with Crippen LogP contribution in [0.15, 0.2) is 45.3 Å². The van der Waals surface area contributed by atoms with Gasteiger partial charge in [-0.1, -0.05) is 22.4 Å². The van der Waals surface area contributed by atoms with E-state index in [9.17, 15) is 4.79 Å². The third kappa shape index (κ3) is 5.06. The number of aryl methyl sites for hydroxylation is 1. The van der Waals surface area contributed by atoms with Crippen LogP contribution >= 0.6 is 15.9 Å². The highest BCUT2D eigenvalue weighted by Gasteiger charge is 2.16. The molecule has 8 heteroatoms. The number of ether oxygens (including phenoxy) is 1. The lowest BCUT2D eigenvalue weighted by Crippen LogP contribution is -2.26. The molecule has 0 radical (unpaired) electrons. The fourth-order valence-corrected chi connectivity index (χ4v) is 3.63. The average molecular weight is 459 g/mol. The van der Waals surface area contributed by atoms with Gasteiger partial charge >= 0.3 is 0 Å². The molecule has 3 heterocycles. The fourth-order valence-electron chi connectivity index (χ4n) is 3.37.